The molecule has 0 unspecified atom stereocenters. The normalized spacial score (nSPS) is 13.9. The Morgan fingerprint density at radius 1 is 1.11 bits per heavy atom. The Morgan fingerprint density at radius 3 is 2.56 bits per heavy atom. The molecule has 27 heavy (non-hydrogen) atoms. The number of amides is 2. The molecule has 2 aromatic rings. The average molecular weight is 371 g/mol. The Hall–Kier alpha value is -3.36. The van der Waals surface area contributed by atoms with E-state index < -0.39 is 0 Å². The van der Waals surface area contributed by atoms with E-state index in [1.165, 1.54) is 6.33 Å². The molecule has 1 N–H and O–H groups in total. The second-order valence-corrected chi connectivity index (χ2v) is 5.91. The molecular weight excluding hydrogens is 350 g/mol. The molecule has 1 aliphatic rings. The minimum absolute atomic E-state index is 0.191. The first kappa shape index (κ1) is 18.4. The van der Waals surface area contributed by atoms with E-state index in [1.54, 1.807) is 48.3 Å². The smallest absolute Gasteiger partial charge is 0.272 e. The van der Waals surface area contributed by atoms with Crippen molar-refractivity contribution in [3.63, 3.8) is 0 Å². The number of hydrogen-bond acceptors (Lipinski definition) is 7. The second kappa shape index (κ2) is 8.35. The van der Waals surface area contributed by atoms with Crippen LogP contribution in [0.25, 0.3) is 0 Å². The molecule has 0 bridgehead atoms. The monoisotopic (exact) mass is 371 g/mol. The number of carbonyl (C=O) groups excluding carboxylic acids is 2. The predicted octanol–water partition coefficient (Wildman–Crippen LogP) is 1.15. The zero-order valence-electron chi connectivity index (χ0n) is 15.2. The standard InChI is InChI=1S/C18H21N5O4/c1-26-13-3-4-16(27-2)14(9-13)21-17-10-15(19-11-20-17)18(25)23-7-5-22(12-24)6-8-23/h3-4,9-12H,5-8H2,1-2H3,(H,19,20,21). The summed E-state index contributed by atoms with van der Waals surface area (Å²) in [6, 6.07) is 6.94. The van der Waals surface area contributed by atoms with E-state index in [-0.39, 0.29) is 11.6 Å². The van der Waals surface area contributed by atoms with Gasteiger partial charge in [-0.3, -0.25) is 9.59 Å². The van der Waals surface area contributed by atoms with Crippen molar-refractivity contribution < 1.29 is 19.1 Å². The van der Waals surface area contributed by atoms with Crippen molar-refractivity contribution >= 4 is 23.8 Å². The van der Waals surface area contributed by atoms with Gasteiger partial charge < -0.3 is 24.6 Å². The first-order valence-electron chi connectivity index (χ1n) is 8.44. The third kappa shape index (κ3) is 4.25. The van der Waals surface area contributed by atoms with Gasteiger partial charge in [-0.05, 0) is 12.1 Å². The van der Waals surface area contributed by atoms with Crippen LogP contribution in [0.1, 0.15) is 10.5 Å². The van der Waals surface area contributed by atoms with Crippen LogP contribution in [0.2, 0.25) is 0 Å². The maximum Gasteiger partial charge on any atom is 0.272 e. The number of aromatic nitrogens is 2. The Morgan fingerprint density at radius 2 is 1.89 bits per heavy atom. The number of ether oxygens (including phenoxy) is 2. The number of methoxy groups -OCH3 is 2. The van der Waals surface area contributed by atoms with Crippen LogP contribution in [-0.4, -0.2) is 72.5 Å². The molecule has 9 heteroatoms. The van der Waals surface area contributed by atoms with Crippen molar-refractivity contribution in [1.29, 1.82) is 0 Å². The zero-order valence-corrected chi connectivity index (χ0v) is 15.2. The average Bonchev–Trinajstić information content (AvgIpc) is 2.73. The Bertz CT molecular complexity index is 821. The van der Waals surface area contributed by atoms with Gasteiger partial charge in [0, 0.05) is 38.3 Å². The Balaban J connectivity index is 1.76. The summed E-state index contributed by atoms with van der Waals surface area (Å²) >= 11 is 0. The fourth-order valence-electron chi connectivity index (χ4n) is 2.78. The van der Waals surface area contributed by atoms with Crippen molar-refractivity contribution in [2.45, 2.75) is 0 Å². The Kier molecular flexibility index (Phi) is 5.70. The molecule has 3 rings (SSSR count). The molecule has 1 aromatic heterocycles. The van der Waals surface area contributed by atoms with E-state index in [4.69, 9.17) is 9.47 Å². The summed E-state index contributed by atoms with van der Waals surface area (Å²) in [5, 5.41) is 3.13. The largest absolute Gasteiger partial charge is 0.497 e. The fraction of sp³-hybridized carbons (Fsp3) is 0.333. The van der Waals surface area contributed by atoms with Crippen LogP contribution in [0.4, 0.5) is 11.5 Å². The number of benzene rings is 1. The lowest BCUT2D eigenvalue weighted by atomic mass is 10.2. The highest BCUT2D eigenvalue weighted by atomic mass is 16.5. The molecule has 0 aliphatic carbocycles. The van der Waals surface area contributed by atoms with Crippen LogP contribution in [-0.2, 0) is 4.79 Å². The van der Waals surface area contributed by atoms with Crippen LogP contribution >= 0.6 is 0 Å². The van der Waals surface area contributed by atoms with E-state index in [2.05, 4.69) is 15.3 Å². The van der Waals surface area contributed by atoms with Crippen molar-refractivity contribution in [2.75, 3.05) is 45.7 Å². The highest BCUT2D eigenvalue weighted by molar-refractivity contribution is 5.93. The first-order chi connectivity index (χ1) is 13.1. The van der Waals surface area contributed by atoms with Gasteiger partial charge in [0.2, 0.25) is 6.41 Å². The molecule has 0 atom stereocenters. The van der Waals surface area contributed by atoms with Gasteiger partial charge in [-0.25, -0.2) is 9.97 Å². The van der Waals surface area contributed by atoms with Crippen molar-refractivity contribution in [3.05, 3.63) is 36.3 Å². The summed E-state index contributed by atoms with van der Waals surface area (Å²) in [5.74, 6) is 1.55. The molecule has 1 fully saturated rings. The molecule has 1 saturated heterocycles. The summed E-state index contributed by atoms with van der Waals surface area (Å²) < 4.78 is 10.6. The van der Waals surface area contributed by atoms with Gasteiger partial charge >= 0.3 is 0 Å². The molecule has 9 nitrogen and oxygen atoms in total. The molecule has 0 radical (unpaired) electrons. The van der Waals surface area contributed by atoms with Gasteiger partial charge in [0.05, 0.1) is 19.9 Å². The van der Waals surface area contributed by atoms with E-state index in [9.17, 15) is 9.59 Å². The fourth-order valence-corrected chi connectivity index (χ4v) is 2.78. The SMILES string of the molecule is COc1ccc(OC)c(Nc2cc(C(=O)N3CCN(C=O)CC3)ncn2)c1. The number of rotatable bonds is 6. The third-order valence-corrected chi connectivity index (χ3v) is 4.31. The molecule has 1 aromatic carbocycles. The van der Waals surface area contributed by atoms with Gasteiger partial charge in [0.25, 0.3) is 5.91 Å². The number of hydrogen-bond donors (Lipinski definition) is 1. The lowest BCUT2D eigenvalue weighted by Crippen LogP contribution is -2.48. The molecule has 0 saturated carbocycles. The topological polar surface area (TPSA) is 96.9 Å². The molecular formula is C18H21N5O4. The van der Waals surface area contributed by atoms with Gasteiger partial charge in [0.15, 0.2) is 0 Å². The van der Waals surface area contributed by atoms with Gasteiger partial charge in [-0.2, -0.15) is 0 Å². The first-order valence-corrected chi connectivity index (χ1v) is 8.44. The number of nitrogens with zero attached hydrogens (tertiary/aromatic N) is 4. The number of piperazine rings is 1. The molecule has 1 aliphatic heterocycles. The lowest BCUT2D eigenvalue weighted by molar-refractivity contribution is -0.119. The van der Waals surface area contributed by atoms with E-state index >= 15 is 0 Å². The van der Waals surface area contributed by atoms with E-state index in [0.717, 1.165) is 6.41 Å². The summed E-state index contributed by atoms with van der Waals surface area (Å²) in [6.45, 7) is 2.00. The van der Waals surface area contributed by atoms with Crippen LogP contribution in [0, 0.1) is 0 Å². The third-order valence-electron chi connectivity index (χ3n) is 4.31. The van der Waals surface area contributed by atoms with Crippen molar-refractivity contribution in [1.82, 2.24) is 19.8 Å². The van der Waals surface area contributed by atoms with Crippen molar-refractivity contribution in [2.24, 2.45) is 0 Å². The highest BCUT2D eigenvalue weighted by Gasteiger charge is 2.22. The second-order valence-electron chi connectivity index (χ2n) is 5.91. The minimum atomic E-state index is -0.191. The maximum absolute atomic E-state index is 12.7. The van der Waals surface area contributed by atoms with Gasteiger partial charge in [0.1, 0.15) is 29.3 Å². The molecule has 2 heterocycles. The number of carbonyl (C=O) groups is 2. The predicted molar refractivity (Wildman–Crippen MR) is 98.4 cm³/mol. The number of nitrogens with one attached hydrogen (secondary N) is 1. The van der Waals surface area contributed by atoms with Gasteiger partial charge in [-0.15, -0.1) is 0 Å². The van der Waals surface area contributed by atoms with E-state index in [1.807, 2.05) is 0 Å². The maximum atomic E-state index is 12.7. The molecule has 0 spiro atoms. The molecule has 2 amide bonds. The Labute approximate surface area is 156 Å². The van der Waals surface area contributed by atoms with Crippen LogP contribution in [0.5, 0.6) is 11.5 Å². The molecule has 142 valence electrons. The van der Waals surface area contributed by atoms with Crippen LogP contribution in [0.3, 0.4) is 0 Å². The lowest BCUT2D eigenvalue weighted by Gasteiger charge is -2.32. The number of anilines is 2. The summed E-state index contributed by atoms with van der Waals surface area (Å²) in [6.07, 6.45) is 2.14. The minimum Gasteiger partial charge on any atom is -0.497 e. The highest BCUT2D eigenvalue weighted by Crippen LogP contribution is 2.31. The van der Waals surface area contributed by atoms with E-state index in [0.29, 0.717) is 49.2 Å². The van der Waals surface area contributed by atoms with Gasteiger partial charge in [-0.1, -0.05) is 0 Å². The van der Waals surface area contributed by atoms with Crippen LogP contribution in [0.15, 0.2) is 30.6 Å². The summed E-state index contributed by atoms with van der Waals surface area (Å²) in [4.78, 5) is 35.1. The summed E-state index contributed by atoms with van der Waals surface area (Å²) in [5.41, 5.74) is 0.947. The van der Waals surface area contributed by atoms with Crippen molar-refractivity contribution in [3.8, 4) is 11.5 Å². The quantitative estimate of drug-likeness (QED) is 0.761. The van der Waals surface area contributed by atoms with Crippen LogP contribution < -0.4 is 14.8 Å². The zero-order chi connectivity index (χ0) is 19.2. The summed E-state index contributed by atoms with van der Waals surface area (Å²) in [7, 11) is 3.15.